The van der Waals surface area contributed by atoms with Crippen molar-refractivity contribution in [1.29, 1.82) is 0 Å². The fourth-order valence-electron chi connectivity index (χ4n) is 2.50. The predicted octanol–water partition coefficient (Wildman–Crippen LogP) is 3.12. The highest BCUT2D eigenvalue weighted by Gasteiger charge is 2.22. The van der Waals surface area contributed by atoms with E-state index in [1.54, 1.807) is 24.3 Å². The Morgan fingerprint density at radius 3 is 1.31 bits per heavy atom. The summed E-state index contributed by atoms with van der Waals surface area (Å²) in [5.74, 6) is -2.91. The van der Waals surface area contributed by atoms with Gasteiger partial charge in [-0.2, -0.15) is 0 Å². The molecule has 2 unspecified atom stereocenters. The molecule has 0 radical (unpaired) electrons. The summed E-state index contributed by atoms with van der Waals surface area (Å²) in [5, 5.41) is 0. The summed E-state index contributed by atoms with van der Waals surface area (Å²) in [6.07, 6.45) is -2.84. The molecule has 0 amide bonds. The van der Waals surface area contributed by atoms with Crippen molar-refractivity contribution in [3.05, 3.63) is 71.8 Å². The van der Waals surface area contributed by atoms with Gasteiger partial charge < -0.3 is 18.9 Å². The lowest BCUT2D eigenvalue weighted by Gasteiger charge is -2.14. The quantitative estimate of drug-likeness (QED) is 0.386. The molecule has 0 saturated carbocycles. The summed E-state index contributed by atoms with van der Waals surface area (Å²) < 4.78 is 20.1. The molecule has 2 atom stereocenters. The van der Waals surface area contributed by atoms with E-state index in [0.29, 0.717) is 0 Å². The van der Waals surface area contributed by atoms with Crippen molar-refractivity contribution in [1.82, 2.24) is 0 Å². The van der Waals surface area contributed by atoms with Crippen molar-refractivity contribution in [3.8, 4) is 0 Å². The van der Waals surface area contributed by atoms with Crippen molar-refractivity contribution in [2.24, 2.45) is 0 Å². The largest absolute Gasteiger partial charge is 0.458 e. The molecule has 170 valence electrons. The van der Waals surface area contributed by atoms with Crippen LogP contribution < -0.4 is 0 Å². The number of hydrogen-bond acceptors (Lipinski definition) is 8. The monoisotopic (exact) mass is 442 g/mol. The molecule has 0 heterocycles. The minimum atomic E-state index is -1.12. The molecule has 0 spiro atoms. The van der Waals surface area contributed by atoms with Gasteiger partial charge in [-0.25, -0.2) is 9.59 Å². The molecule has 0 aliphatic rings. The molecule has 2 aromatic rings. The van der Waals surface area contributed by atoms with Gasteiger partial charge in [0.2, 0.25) is 0 Å². The first-order valence-electron chi connectivity index (χ1n) is 10.1. The number of esters is 4. The van der Waals surface area contributed by atoms with E-state index >= 15 is 0 Å². The zero-order valence-corrected chi connectivity index (χ0v) is 18.0. The number of hydrogen-bond donors (Lipinski definition) is 0. The minimum absolute atomic E-state index is 0.0617. The molecule has 0 aromatic heterocycles. The second-order valence-corrected chi connectivity index (χ2v) is 6.95. The first kappa shape index (κ1) is 24.6. The lowest BCUT2D eigenvalue weighted by molar-refractivity contribution is -0.170. The third kappa shape index (κ3) is 8.99. The van der Waals surface area contributed by atoms with Crippen molar-refractivity contribution in [2.45, 2.75) is 52.1 Å². The van der Waals surface area contributed by atoms with Crippen LogP contribution in [0.3, 0.4) is 0 Å². The van der Waals surface area contributed by atoms with Gasteiger partial charge in [0, 0.05) is 0 Å². The molecule has 0 fully saturated rings. The van der Waals surface area contributed by atoms with Crippen LogP contribution in [0.1, 0.15) is 37.8 Å². The Balaban J connectivity index is 1.64. The average molecular weight is 442 g/mol. The third-order valence-electron chi connectivity index (χ3n) is 4.26. The molecule has 0 saturated heterocycles. The van der Waals surface area contributed by atoms with Crippen LogP contribution in [0.25, 0.3) is 0 Å². The molecule has 8 nitrogen and oxygen atoms in total. The summed E-state index contributed by atoms with van der Waals surface area (Å²) in [7, 11) is 0. The summed E-state index contributed by atoms with van der Waals surface area (Å²) in [4.78, 5) is 47.6. The molecule has 0 aliphatic carbocycles. The van der Waals surface area contributed by atoms with Crippen LogP contribution in [0.5, 0.6) is 0 Å². The van der Waals surface area contributed by atoms with E-state index in [0.717, 1.165) is 11.1 Å². The Kier molecular flexibility index (Phi) is 9.90. The van der Waals surface area contributed by atoms with Crippen LogP contribution in [0, 0.1) is 0 Å². The normalized spacial score (nSPS) is 12.2. The lowest BCUT2D eigenvalue weighted by atomic mass is 10.2. The molecule has 0 aliphatic heterocycles. The highest BCUT2D eigenvalue weighted by Crippen LogP contribution is 2.07. The average Bonchev–Trinajstić information content (AvgIpc) is 2.80. The number of carbonyl (C=O) groups excluding carboxylic acids is 4. The Labute approximate surface area is 186 Å². The molecular formula is C24H26O8. The Bertz CT molecular complexity index is 819. The maximum Gasteiger partial charge on any atom is 0.347 e. The van der Waals surface area contributed by atoms with Crippen LogP contribution >= 0.6 is 0 Å². The number of carbonyl (C=O) groups is 4. The smallest absolute Gasteiger partial charge is 0.347 e. The maximum absolute atomic E-state index is 11.9. The molecule has 32 heavy (non-hydrogen) atoms. The van der Waals surface area contributed by atoms with Gasteiger partial charge in [0.15, 0.2) is 12.2 Å². The highest BCUT2D eigenvalue weighted by atomic mass is 16.6. The van der Waals surface area contributed by atoms with Crippen LogP contribution in [0.2, 0.25) is 0 Å². The summed E-state index contributed by atoms with van der Waals surface area (Å²) in [6, 6.07) is 18.1. The van der Waals surface area contributed by atoms with E-state index in [4.69, 9.17) is 18.9 Å². The van der Waals surface area contributed by atoms with Crippen molar-refractivity contribution in [2.75, 3.05) is 0 Å². The van der Waals surface area contributed by atoms with E-state index < -0.39 is 36.1 Å². The van der Waals surface area contributed by atoms with Gasteiger partial charge in [-0.15, -0.1) is 0 Å². The Morgan fingerprint density at radius 1 is 0.625 bits per heavy atom. The lowest BCUT2D eigenvalue weighted by Crippen LogP contribution is -2.28. The molecular weight excluding hydrogens is 416 g/mol. The van der Waals surface area contributed by atoms with Gasteiger partial charge in [-0.1, -0.05) is 60.7 Å². The van der Waals surface area contributed by atoms with Gasteiger partial charge in [0.1, 0.15) is 13.2 Å². The van der Waals surface area contributed by atoms with E-state index in [2.05, 4.69) is 0 Å². The number of ether oxygens (including phenoxy) is 4. The molecule has 2 rings (SSSR count). The van der Waals surface area contributed by atoms with E-state index in [-0.39, 0.29) is 26.1 Å². The Morgan fingerprint density at radius 2 is 0.969 bits per heavy atom. The van der Waals surface area contributed by atoms with Crippen LogP contribution in [0.15, 0.2) is 60.7 Å². The highest BCUT2D eigenvalue weighted by molar-refractivity contribution is 5.83. The second kappa shape index (κ2) is 12.9. The summed E-state index contributed by atoms with van der Waals surface area (Å²) in [5.41, 5.74) is 1.61. The second-order valence-electron chi connectivity index (χ2n) is 6.95. The molecule has 8 heteroatoms. The van der Waals surface area contributed by atoms with Gasteiger partial charge in [-0.05, 0) is 25.0 Å². The minimum Gasteiger partial charge on any atom is -0.458 e. The van der Waals surface area contributed by atoms with Crippen molar-refractivity contribution < 1.29 is 38.1 Å². The van der Waals surface area contributed by atoms with Crippen LogP contribution in [0.4, 0.5) is 0 Å². The fourth-order valence-corrected chi connectivity index (χ4v) is 2.50. The molecule has 0 bridgehead atoms. The summed E-state index contributed by atoms with van der Waals surface area (Å²) >= 11 is 0. The van der Waals surface area contributed by atoms with Gasteiger partial charge in [-0.3, -0.25) is 9.59 Å². The zero-order valence-electron chi connectivity index (χ0n) is 18.0. The van der Waals surface area contributed by atoms with Gasteiger partial charge >= 0.3 is 23.9 Å². The first-order valence-corrected chi connectivity index (χ1v) is 10.1. The van der Waals surface area contributed by atoms with E-state index in [1.807, 2.05) is 36.4 Å². The van der Waals surface area contributed by atoms with E-state index in [9.17, 15) is 19.2 Å². The maximum atomic E-state index is 11.9. The van der Waals surface area contributed by atoms with E-state index in [1.165, 1.54) is 13.8 Å². The zero-order chi connectivity index (χ0) is 23.3. The SMILES string of the molecule is CC(OC(=O)CCC(=O)OC(C)C(=O)OCc1ccccc1)C(=O)OCc1ccccc1. The van der Waals surface area contributed by atoms with Gasteiger partial charge in [0.05, 0.1) is 12.8 Å². The Hall–Kier alpha value is -3.68. The fraction of sp³-hybridized carbons (Fsp3) is 0.333. The number of benzene rings is 2. The topological polar surface area (TPSA) is 105 Å². The predicted molar refractivity (Wildman–Crippen MR) is 113 cm³/mol. The molecule has 2 aromatic carbocycles. The van der Waals surface area contributed by atoms with Crippen molar-refractivity contribution in [3.63, 3.8) is 0 Å². The van der Waals surface area contributed by atoms with Crippen molar-refractivity contribution >= 4 is 23.9 Å². The van der Waals surface area contributed by atoms with Crippen LogP contribution in [-0.4, -0.2) is 36.1 Å². The molecule has 0 N–H and O–H groups in total. The number of rotatable bonds is 11. The van der Waals surface area contributed by atoms with Gasteiger partial charge in [0.25, 0.3) is 0 Å². The summed E-state index contributed by atoms with van der Waals surface area (Å²) in [6.45, 7) is 2.89. The van der Waals surface area contributed by atoms with Crippen LogP contribution in [-0.2, 0) is 51.3 Å². The third-order valence-corrected chi connectivity index (χ3v) is 4.26. The standard InChI is InChI=1S/C24H26O8/c1-17(23(27)29-15-19-9-5-3-6-10-19)31-21(25)13-14-22(26)32-18(2)24(28)30-16-20-11-7-4-8-12-20/h3-12,17-18H,13-16H2,1-2H3. The first-order chi connectivity index (χ1) is 15.3.